The lowest BCUT2D eigenvalue weighted by Crippen LogP contribution is -1.98. The van der Waals surface area contributed by atoms with Gasteiger partial charge in [-0.25, -0.2) is 4.98 Å². The molecule has 1 aromatic carbocycles. The van der Waals surface area contributed by atoms with Crippen LogP contribution in [0, 0.1) is 6.92 Å². The van der Waals surface area contributed by atoms with Gasteiger partial charge in [-0.3, -0.25) is 4.98 Å². The van der Waals surface area contributed by atoms with Crippen molar-refractivity contribution in [1.82, 2.24) is 29.9 Å². The lowest BCUT2D eigenvalue weighted by molar-refractivity contribution is 0.696. The number of nitrogens with zero attached hydrogens (tertiary/aromatic N) is 5. The number of imidazole rings is 1. The maximum atomic E-state index is 5.93. The maximum absolute atomic E-state index is 5.93. The van der Waals surface area contributed by atoms with Crippen molar-refractivity contribution < 1.29 is 0 Å². The number of hydrogen-bond donors (Lipinski definition) is 1. The highest BCUT2D eigenvalue weighted by molar-refractivity contribution is 6.30. The topological polar surface area (TPSA) is 72.3 Å². The van der Waals surface area contributed by atoms with Crippen molar-refractivity contribution in [3.05, 3.63) is 71.4 Å². The number of aromatic nitrogens is 6. The number of aryl methyl sites for hydroxylation is 3. The van der Waals surface area contributed by atoms with Crippen LogP contribution in [-0.4, -0.2) is 29.9 Å². The number of rotatable bonds is 5. The van der Waals surface area contributed by atoms with Crippen molar-refractivity contribution in [1.29, 1.82) is 0 Å². The van der Waals surface area contributed by atoms with Crippen molar-refractivity contribution >= 4 is 11.6 Å². The average Bonchev–Trinajstić information content (AvgIpc) is 3.30. The van der Waals surface area contributed by atoms with Gasteiger partial charge in [0.25, 0.3) is 0 Å². The molecule has 3 aromatic heterocycles. The van der Waals surface area contributed by atoms with E-state index in [1.165, 1.54) is 5.56 Å². The van der Waals surface area contributed by atoms with Gasteiger partial charge in [0.05, 0.1) is 17.7 Å². The molecule has 1 N–H and O–H groups in total. The Balaban J connectivity index is 1.51. The monoisotopic (exact) mass is 364 g/mol. The molecule has 0 saturated heterocycles. The summed E-state index contributed by atoms with van der Waals surface area (Å²) in [5, 5.41) is 11.7. The second-order valence-corrected chi connectivity index (χ2v) is 6.50. The number of nitrogens with one attached hydrogen (secondary N) is 1. The molecule has 26 heavy (non-hydrogen) atoms. The highest BCUT2D eigenvalue weighted by Crippen LogP contribution is 2.23. The van der Waals surface area contributed by atoms with Crippen LogP contribution in [0.2, 0.25) is 5.02 Å². The van der Waals surface area contributed by atoms with Gasteiger partial charge in [0.15, 0.2) is 0 Å². The largest absolute Gasteiger partial charge is 0.336 e. The summed E-state index contributed by atoms with van der Waals surface area (Å²) in [4.78, 5) is 8.93. The van der Waals surface area contributed by atoms with E-state index in [4.69, 9.17) is 11.6 Å². The standard InChI is InChI=1S/C19H17ClN6/c1-13-19(24-25-23-13)15-6-8-21-17(10-15)18-11-26(12-22-18)9-7-14-2-4-16(20)5-3-14/h2-6,8,10-12H,7,9H2,1H3,(H,23,24,25). The fraction of sp³-hybridized carbons (Fsp3) is 0.158. The summed E-state index contributed by atoms with van der Waals surface area (Å²) in [5.74, 6) is 0. The predicted molar refractivity (Wildman–Crippen MR) is 101 cm³/mol. The Morgan fingerprint density at radius 2 is 1.88 bits per heavy atom. The molecule has 0 atom stereocenters. The van der Waals surface area contributed by atoms with Gasteiger partial charge >= 0.3 is 0 Å². The van der Waals surface area contributed by atoms with E-state index in [-0.39, 0.29) is 0 Å². The molecule has 4 rings (SSSR count). The summed E-state index contributed by atoms with van der Waals surface area (Å²) in [5.41, 5.74) is 5.55. The first-order valence-corrected chi connectivity index (χ1v) is 8.67. The number of pyridine rings is 1. The lowest BCUT2D eigenvalue weighted by atomic mass is 10.1. The number of halogens is 1. The van der Waals surface area contributed by atoms with Gasteiger partial charge in [0.1, 0.15) is 11.4 Å². The van der Waals surface area contributed by atoms with Crippen molar-refractivity contribution in [2.24, 2.45) is 0 Å². The van der Waals surface area contributed by atoms with Crippen molar-refractivity contribution in [2.45, 2.75) is 19.9 Å². The maximum Gasteiger partial charge on any atom is 0.115 e. The third kappa shape index (κ3) is 3.50. The Bertz CT molecular complexity index is 1020. The lowest BCUT2D eigenvalue weighted by Gasteiger charge is -2.03. The Morgan fingerprint density at radius 1 is 1.04 bits per heavy atom. The highest BCUT2D eigenvalue weighted by Gasteiger charge is 2.10. The normalized spacial score (nSPS) is 11.0. The third-order valence-corrected chi connectivity index (χ3v) is 4.48. The molecule has 7 heteroatoms. The molecule has 0 saturated carbocycles. The summed E-state index contributed by atoms with van der Waals surface area (Å²) in [6, 6.07) is 11.8. The zero-order valence-corrected chi connectivity index (χ0v) is 15.0. The van der Waals surface area contributed by atoms with Gasteiger partial charge in [-0.05, 0) is 43.2 Å². The summed E-state index contributed by atoms with van der Waals surface area (Å²) in [6.45, 7) is 2.77. The Kier molecular flexibility index (Phi) is 4.50. The Hall–Kier alpha value is -2.99. The van der Waals surface area contributed by atoms with Crippen molar-refractivity contribution in [2.75, 3.05) is 0 Å². The zero-order chi connectivity index (χ0) is 17.9. The molecule has 3 heterocycles. The molecule has 0 aliphatic carbocycles. The number of benzene rings is 1. The fourth-order valence-electron chi connectivity index (χ4n) is 2.80. The number of aromatic amines is 1. The van der Waals surface area contributed by atoms with E-state index in [0.717, 1.165) is 46.3 Å². The molecule has 0 radical (unpaired) electrons. The predicted octanol–water partition coefficient (Wildman–Crippen LogP) is 3.93. The van der Waals surface area contributed by atoms with Crippen LogP contribution in [0.1, 0.15) is 11.3 Å². The summed E-state index contributed by atoms with van der Waals surface area (Å²) in [7, 11) is 0. The minimum Gasteiger partial charge on any atom is -0.336 e. The molecule has 0 aliphatic rings. The molecule has 6 nitrogen and oxygen atoms in total. The van der Waals surface area contributed by atoms with Gasteiger partial charge in [-0.1, -0.05) is 23.7 Å². The second-order valence-electron chi connectivity index (χ2n) is 6.06. The highest BCUT2D eigenvalue weighted by atomic mass is 35.5. The van der Waals surface area contributed by atoms with Crippen molar-refractivity contribution in [3.8, 4) is 22.6 Å². The fourth-order valence-corrected chi connectivity index (χ4v) is 2.93. The minimum atomic E-state index is 0.756. The smallest absolute Gasteiger partial charge is 0.115 e. The van der Waals surface area contributed by atoms with Crippen LogP contribution < -0.4 is 0 Å². The third-order valence-electron chi connectivity index (χ3n) is 4.22. The summed E-state index contributed by atoms with van der Waals surface area (Å²) >= 11 is 5.93. The minimum absolute atomic E-state index is 0.756. The molecule has 0 amide bonds. The zero-order valence-electron chi connectivity index (χ0n) is 14.2. The first-order valence-electron chi connectivity index (χ1n) is 8.29. The van der Waals surface area contributed by atoms with Gasteiger partial charge in [-0.15, -0.1) is 0 Å². The number of H-pyrrole nitrogens is 1. The van der Waals surface area contributed by atoms with E-state index in [0.29, 0.717) is 0 Å². The van der Waals surface area contributed by atoms with Crippen LogP contribution in [0.4, 0.5) is 0 Å². The molecular formula is C19H17ClN6. The van der Waals surface area contributed by atoms with E-state index in [1.807, 2.05) is 55.8 Å². The molecule has 130 valence electrons. The average molecular weight is 365 g/mol. The summed E-state index contributed by atoms with van der Waals surface area (Å²) in [6.07, 6.45) is 6.53. The van der Waals surface area contributed by atoms with Crippen LogP contribution in [0.3, 0.4) is 0 Å². The van der Waals surface area contributed by atoms with Crippen LogP contribution >= 0.6 is 11.6 Å². The Morgan fingerprint density at radius 3 is 2.65 bits per heavy atom. The molecule has 0 fully saturated rings. The van der Waals surface area contributed by atoms with Crippen LogP contribution in [0.5, 0.6) is 0 Å². The quantitative estimate of drug-likeness (QED) is 0.582. The van der Waals surface area contributed by atoms with Gasteiger partial charge < -0.3 is 4.57 Å². The first-order chi connectivity index (χ1) is 12.7. The molecule has 4 aromatic rings. The van der Waals surface area contributed by atoms with E-state index in [9.17, 15) is 0 Å². The van der Waals surface area contributed by atoms with Crippen LogP contribution in [0.25, 0.3) is 22.6 Å². The van der Waals surface area contributed by atoms with E-state index >= 15 is 0 Å². The van der Waals surface area contributed by atoms with Crippen LogP contribution in [-0.2, 0) is 13.0 Å². The first kappa shape index (κ1) is 16.5. The molecule has 0 unspecified atom stereocenters. The molecule has 0 spiro atoms. The van der Waals surface area contributed by atoms with Gasteiger partial charge in [-0.2, -0.15) is 15.4 Å². The number of hydrogen-bond acceptors (Lipinski definition) is 4. The molecular weight excluding hydrogens is 348 g/mol. The van der Waals surface area contributed by atoms with E-state index < -0.39 is 0 Å². The van der Waals surface area contributed by atoms with Crippen LogP contribution in [0.15, 0.2) is 55.1 Å². The van der Waals surface area contributed by atoms with E-state index in [1.54, 1.807) is 6.20 Å². The molecule has 0 aliphatic heterocycles. The van der Waals surface area contributed by atoms with Gasteiger partial charge in [0, 0.05) is 29.5 Å². The molecule has 0 bridgehead atoms. The van der Waals surface area contributed by atoms with E-state index in [2.05, 4.69) is 29.9 Å². The Labute approximate surface area is 155 Å². The summed E-state index contributed by atoms with van der Waals surface area (Å²) < 4.78 is 2.07. The second kappa shape index (κ2) is 7.09. The van der Waals surface area contributed by atoms with Gasteiger partial charge in [0.2, 0.25) is 0 Å². The SMILES string of the molecule is Cc1n[nH]nc1-c1ccnc(-c2cn(CCc3ccc(Cl)cc3)cn2)c1. The van der Waals surface area contributed by atoms with Crippen molar-refractivity contribution in [3.63, 3.8) is 0 Å².